The van der Waals surface area contributed by atoms with Gasteiger partial charge in [-0.15, -0.1) is 0 Å². The van der Waals surface area contributed by atoms with Crippen LogP contribution in [0.25, 0.3) is 0 Å². The second-order valence-electron chi connectivity index (χ2n) is 16.0. The Labute approximate surface area is 348 Å². The van der Waals surface area contributed by atoms with Crippen molar-refractivity contribution in [1.82, 2.24) is 0 Å². The molecule has 0 fully saturated rings. The second kappa shape index (κ2) is 41.7. The number of carboxylic acid groups (broad SMARTS) is 2. The van der Waals surface area contributed by atoms with E-state index in [2.05, 4.69) is 13.8 Å². The summed E-state index contributed by atoms with van der Waals surface area (Å²) in [6.45, 7) is 4.54. The molecule has 5 N–H and O–H groups in total. The van der Waals surface area contributed by atoms with Crippen molar-refractivity contribution in [3.63, 3.8) is 0 Å². The van der Waals surface area contributed by atoms with E-state index in [9.17, 15) is 30.0 Å². The Hall–Kier alpha value is -1.92. The van der Waals surface area contributed by atoms with Crippen LogP contribution in [0.4, 0.5) is 0 Å². The molecule has 0 heterocycles. The van der Waals surface area contributed by atoms with Crippen molar-refractivity contribution in [2.75, 3.05) is 0 Å². The van der Waals surface area contributed by atoms with E-state index in [-0.39, 0.29) is 28.2 Å². The van der Waals surface area contributed by atoms with Crippen molar-refractivity contribution in [3.05, 3.63) is 17.2 Å². The zero-order valence-corrected chi connectivity index (χ0v) is 36.8. The molecule has 324 valence electrons. The third-order valence-corrected chi connectivity index (χ3v) is 10.9. The van der Waals surface area contributed by atoms with Crippen LogP contribution in [0.5, 0.6) is 17.2 Å². The van der Waals surface area contributed by atoms with Crippen molar-refractivity contribution in [1.29, 1.82) is 0 Å². The van der Waals surface area contributed by atoms with Gasteiger partial charge in [-0.1, -0.05) is 226 Å². The van der Waals surface area contributed by atoms with Gasteiger partial charge < -0.3 is 25.5 Å². The van der Waals surface area contributed by atoms with Crippen molar-refractivity contribution in [2.45, 2.75) is 251 Å². The summed E-state index contributed by atoms with van der Waals surface area (Å²) in [4.78, 5) is 21.7. The number of carbonyl (C=O) groups is 2. The summed E-state index contributed by atoms with van der Waals surface area (Å²) in [5.74, 6) is -3.64. The Bertz CT molecular complexity index is 1020. The number of aliphatic carboxylic acids is 1. The number of aromatic carboxylic acids is 1. The number of phenols is 3. The molecule has 0 aromatic heterocycles. The normalized spacial score (nSPS) is 10.9. The Kier molecular flexibility index (Phi) is 41.8. The van der Waals surface area contributed by atoms with E-state index in [0.29, 0.717) is 12.8 Å². The molecule has 1 aromatic carbocycles. The summed E-state index contributed by atoms with van der Waals surface area (Å²) in [5, 5.41) is 46.9. The molecular formula is C47H86FeO7. The van der Waals surface area contributed by atoms with Crippen LogP contribution in [0.2, 0.25) is 0 Å². The summed E-state index contributed by atoms with van der Waals surface area (Å²) in [5.41, 5.74) is 0.0481. The molecular weight excluding hydrogens is 732 g/mol. The number of hydrogen-bond acceptors (Lipinski definition) is 5. The largest absolute Gasteiger partial charge is 0.504 e. The monoisotopic (exact) mass is 819 g/mol. The van der Waals surface area contributed by atoms with Gasteiger partial charge in [0.05, 0.1) is 5.56 Å². The van der Waals surface area contributed by atoms with Gasteiger partial charge in [0.25, 0.3) is 0 Å². The number of benzene rings is 1. The fraction of sp³-hybridized carbons (Fsp3) is 0.830. The summed E-state index contributed by atoms with van der Waals surface area (Å²) in [6.07, 6.45) is 46.7. The molecule has 0 aliphatic heterocycles. The zero-order valence-electron chi connectivity index (χ0n) is 35.6. The summed E-state index contributed by atoms with van der Waals surface area (Å²) in [7, 11) is 0. The van der Waals surface area contributed by atoms with Crippen LogP contribution < -0.4 is 0 Å². The molecule has 0 saturated heterocycles. The van der Waals surface area contributed by atoms with E-state index in [1.54, 1.807) is 0 Å². The number of unbranched alkanes of at least 4 members (excludes halogenated alkanes) is 33. The van der Waals surface area contributed by atoms with E-state index in [4.69, 9.17) is 5.11 Å². The van der Waals surface area contributed by atoms with Gasteiger partial charge in [0.1, 0.15) is 0 Å². The van der Waals surface area contributed by atoms with Gasteiger partial charge in [0, 0.05) is 29.1 Å². The Morgan fingerprint density at radius 1 is 0.418 bits per heavy atom. The Morgan fingerprint density at radius 3 is 0.964 bits per heavy atom. The van der Waals surface area contributed by atoms with Crippen LogP contribution >= 0.6 is 0 Å². The standard InChI is InChI=1S/C25H42O5.C22H44O2.Fe/c1-2-3-4-5-6-7-8-9-10-11-12-13-14-15-16-17-18-20-21(25(29)30)19-22(26)24(28)23(20)27;1-2-3-4-5-6-7-8-9-10-11-12-13-14-15-16-17-18-19-20-21-22(23)24;/h19,26-28H,2-18H2,1H3,(H,29,30);2-21H2,1H3,(H,23,24);. The molecule has 1 rings (SSSR count). The fourth-order valence-corrected chi connectivity index (χ4v) is 7.33. The number of phenolic OH excluding ortho intramolecular Hbond substituents is 3. The van der Waals surface area contributed by atoms with Crippen molar-refractivity contribution in [2.24, 2.45) is 0 Å². The molecule has 0 aliphatic carbocycles. The van der Waals surface area contributed by atoms with Crippen LogP contribution in [0.15, 0.2) is 6.07 Å². The summed E-state index contributed by atoms with van der Waals surface area (Å²) < 4.78 is 0. The predicted octanol–water partition coefficient (Wildman–Crippen LogP) is 15.2. The first-order chi connectivity index (χ1) is 26.3. The molecule has 0 saturated carbocycles. The number of carboxylic acids is 2. The number of aromatic hydroxyl groups is 3. The molecule has 8 heteroatoms. The average molecular weight is 819 g/mol. The van der Waals surface area contributed by atoms with Gasteiger partial charge in [-0.05, 0) is 25.3 Å². The molecule has 0 spiro atoms. The molecule has 0 unspecified atom stereocenters. The number of hydrogen-bond donors (Lipinski definition) is 5. The molecule has 55 heavy (non-hydrogen) atoms. The van der Waals surface area contributed by atoms with E-state index in [1.807, 2.05) is 0 Å². The third kappa shape index (κ3) is 35.0. The minimum absolute atomic E-state index is 0. The third-order valence-electron chi connectivity index (χ3n) is 10.9. The molecule has 1 aromatic rings. The van der Waals surface area contributed by atoms with E-state index in [0.717, 1.165) is 38.2 Å². The van der Waals surface area contributed by atoms with Gasteiger partial charge in [-0.2, -0.15) is 0 Å². The van der Waals surface area contributed by atoms with Crippen LogP contribution in [0.1, 0.15) is 261 Å². The maximum absolute atomic E-state index is 11.3. The van der Waals surface area contributed by atoms with Gasteiger partial charge in [0.2, 0.25) is 5.75 Å². The minimum atomic E-state index is -1.22. The quantitative estimate of drug-likeness (QED) is 0.0255. The van der Waals surface area contributed by atoms with Crippen LogP contribution in [-0.2, 0) is 28.3 Å². The van der Waals surface area contributed by atoms with Gasteiger partial charge >= 0.3 is 11.9 Å². The van der Waals surface area contributed by atoms with Crippen LogP contribution in [0.3, 0.4) is 0 Å². The number of rotatable bonds is 38. The van der Waals surface area contributed by atoms with Gasteiger partial charge in [0.15, 0.2) is 11.5 Å². The van der Waals surface area contributed by atoms with E-state index >= 15 is 0 Å². The first-order valence-electron chi connectivity index (χ1n) is 23.0. The van der Waals surface area contributed by atoms with Crippen molar-refractivity contribution >= 4 is 11.9 Å². The Morgan fingerprint density at radius 2 is 0.691 bits per heavy atom. The fourth-order valence-electron chi connectivity index (χ4n) is 7.33. The maximum atomic E-state index is 11.3. The van der Waals surface area contributed by atoms with E-state index < -0.39 is 29.2 Å². The smallest absolute Gasteiger partial charge is 0.336 e. The molecule has 0 atom stereocenters. The van der Waals surface area contributed by atoms with E-state index in [1.165, 1.54) is 193 Å². The van der Waals surface area contributed by atoms with Gasteiger partial charge in [-0.3, -0.25) is 4.79 Å². The second-order valence-corrected chi connectivity index (χ2v) is 16.0. The molecule has 7 nitrogen and oxygen atoms in total. The van der Waals surface area contributed by atoms with Gasteiger partial charge in [-0.25, -0.2) is 4.79 Å². The zero-order chi connectivity index (χ0) is 39.9. The molecule has 0 bridgehead atoms. The summed E-state index contributed by atoms with van der Waals surface area (Å²) >= 11 is 0. The first kappa shape index (κ1) is 55.2. The average Bonchev–Trinajstić information content (AvgIpc) is 3.15. The molecule has 0 amide bonds. The van der Waals surface area contributed by atoms with Crippen LogP contribution in [0, 0.1) is 0 Å². The SMILES string of the molecule is CCCCCCCCCCCCCCCCCCCCCC(=O)O.CCCCCCCCCCCCCCCCCCc1c(C(=O)O)cc(O)c(O)c1O.[Fe]. The van der Waals surface area contributed by atoms with Crippen molar-refractivity contribution < 1.29 is 52.2 Å². The first-order valence-corrected chi connectivity index (χ1v) is 23.0. The minimum Gasteiger partial charge on any atom is -0.504 e. The van der Waals surface area contributed by atoms with Crippen molar-refractivity contribution in [3.8, 4) is 17.2 Å². The molecule has 0 radical (unpaired) electrons. The predicted molar refractivity (Wildman–Crippen MR) is 227 cm³/mol. The maximum Gasteiger partial charge on any atom is 0.336 e. The van der Waals surface area contributed by atoms with Crippen LogP contribution in [-0.4, -0.2) is 37.5 Å². The summed E-state index contributed by atoms with van der Waals surface area (Å²) in [6, 6.07) is 0.999. The topological polar surface area (TPSA) is 135 Å². The molecule has 0 aliphatic rings. The Balaban J connectivity index is 0.